The van der Waals surface area contributed by atoms with Gasteiger partial charge in [0.05, 0.1) is 42.6 Å². The average molecular weight is 1580 g/mol. The van der Waals surface area contributed by atoms with E-state index in [1.54, 1.807) is 72.8 Å². The first kappa shape index (κ1) is 85.8. The molecule has 0 saturated heterocycles. The van der Waals surface area contributed by atoms with Crippen molar-refractivity contribution in [1.82, 2.24) is 0 Å². The normalized spacial score (nSPS) is 11.3. The van der Waals surface area contributed by atoms with E-state index in [0.717, 1.165) is 90.8 Å². The predicted molar refractivity (Wildman–Crippen MR) is 437 cm³/mol. The van der Waals surface area contributed by atoms with Gasteiger partial charge in [-0.1, -0.05) is 108 Å². The molecule has 1 aliphatic heterocycles. The Morgan fingerprint density at radius 2 is 0.529 bits per heavy atom. The number of azo groups is 1. The summed E-state index contributed by atoms with van der Waals surface area (Å²) < 4.78 is 89.4. The number of hydrogen-bond acceptors (Lipinski definition) is 20. The molecule has 12 aromatic rings. The standard InChI is InChI=1S/C13H12N2O2S.C12H10Cl2N2.C12H12N4.C12H12N2O6S2.2C12H12N2.4ClH/c14-10-3-1-8-5-9-2-4-11(15)7-13(9)18(16,17)12(8)6-10;13-9-5-7(1-3-11(9)15)8-2-4-12(16)10(14)6-8;13-9-1-5-11(6-2-9)15-16-12-7-3-10(14)4-8-12;13-7-1-3-9(11(5-7)21(15,16)17)10-4-2-8(14)6-12(10)22(18,19)20;2*13-11-5-1-9(2-6-11)10-3-7-12(14)8-4-10;;;;/h1-4,6-7H,5,14-15H2;1-6H,15-16H2;1-8H,13-14H2;1-6H,13-14H2,(H,15,16,17)(H,18,19,20);2*1-8H,13-14H2;4*1H. The zero-order chi connectivity index (χ0) is 72.6. The first-order valence-electron chi connectivity index (χ1n) is 29.7. The summed E-state index contributed by atoms with van der Waals surface area (Å²) in [5, 5.41) is 9.22. The molecule has 26 N–H and O–H groups in total. The fourth-order valence-corrected chi connectivity index (χ4v) is 13.2. The van der Waals surface area contributed by atoms with E-state index in [2.05, 4.69) is 10.2 Å². The molecule has 12 aromatic carbocycles. The van der Waals surface area contributed by atoms with Crippen LogP contribution in [-0.4, -0.2) is 34.4 Å². The fourth-order valence-electron chi connectivity index (χ4n) is 9.52. The monoisotopic (exact) mass is 1580 g/mol. The van der Waals surface area contributed by atoms with Crippen LogP contribution in [0.4, 0.5) is 79.6 Å². The van der Waals surface area contributed by atoms with Gasteiger partial charge in [-0.05, 0) is 214 Å². The molecule has 0 aliphatic carbocycles. The van der Waals surface area contributed by atoms with Crippen LogP contribution in [0.15, 0.2) is 285 Å². The number of anilines is 12. The summed E-state index contributed by atoms with van der Waals surface area (Å²) in [6.45, 7) is 0. The Hall–Kier alpha value is -10.7. The Kier molecular flexibility index (Phi) is 31.4. The number of fused-ring (bicyclic) bond motifs is 2. The van der Waals surface area contributed by atoms with Crippen molar-refractivity contribution >= 4 is 183 Å². The van der Waals surface area contributed by atoms with Crippen LogP contribution in [0.1, 0.15) is 11.1 Å². The molecule has 544 valence electrons. The maximum atomic E-state index is 12.5. The van der Waals surface area contributed by atoms with Gasteiger partial charge in [0, 0.05) is 74.4 Å². The molecule has 0 spiro atoms. The predicted octanol–water partition coefficient (Wildman–Crippen LogP) is 16.4. The number of nitrogen functional groups attached to an aromatic ring is 12. The molecule has 0 fully saturated rings. The van der Waals surface area contributed by atoms with Crippen LogP contribution < -0.4 is 68.8 Å². The van der Waals surface area contributed by atoms with Gasteiger partial charge in [-0.15, -0.1) is 49.6 Å². The molecule has 0 bridgehead atoms. The van der Waals surface area contributed by atoms with Crippen LogP contribution in [-0.2, 0) is 36.5 Å². The molecular formula is C73H74Cl6N14O8S3. The van der Waals surface area contributed by atoms with Crippen LogP contribution in [0.2, 0.25) is 10.0 Å². The summed E-state index contributed by atoms with van der Waals surface area (Å²) in [4.78, 5) is -0.578. The second-order valence-corrected chi connectivity index (χ2v) is 27.7. The summed E-state index contributed by atoms with van der Waals surface area (Å²) in [5.74, 6) is 0. The topological polar surface area (TPSA) is 480 Å². The Morgan fingerprint density at radius 1 is 0.298 bits per heavy atom. The summed E-state index contributed by atoms with van der Waals surface area (Å²) >= 11 is 11.9. The van der Waals surface area contributed by atoms with E-state index in [1.807, 2.05) is 133 Å². The molecule has 0 saturated carbocycles. The smallest absolute Gasteiger partial charge is 0.295 e. The van der Waals surface area contributed by atoms with Gasteiger partial charge in [0.25, 0.3) is 20.2 Å². The second-order valence-electron chi connectivity index (χ2n) is 22.2. The molecular weight excluding hydrogens is 1510 g/mol. The number of sulfone groups is 1. The highest BCUT2D eigenvalue weighted by Crippen LogP contribution is 2.38. The molecule has 0 unspecified atom stereocenters. The maximum Gasteiger partial charge on any atom is 0.295 e. The highest BCUT2D eigenvalue weighted by molar-refractivity contribution is 7.91. The van der Waals surface area contributed by atoms with E-state index < -0.39 is 39.9 Å². The van der Waals surface area contributed by atoms with Gasteiger partial charge < -0.3 is 68.8 Å². The molecule has 1 aliphatic rings. The van der Waals surface area contributed by atoms with Crippen LogP contribution >= 0.6 is 72.8 Å². The minimum absolute atomic E-state index is 0. The molecule has 1 heterocycles. The Bertz CT molecular complexity index is 4870. The van der Waals surface area contributed by atoms with Crippen molar-refractivity contribution in [2.24, 2.45) is 10.2 Å². The summed E-state index contributed by atoms with van der Waals surface area (Å²) in [5.41, 5.74) is 83.2. The summed E-state index contributed by atoms with van der Waals surface area (Å²) in [7, 11) is -12.8. The molecule has 31 heteroatoms. The minimum Gasteiger partial charge on any atom is -0.399 e. The van der Waals surface area contributed by atoms with Crippen molar-refractivity contribution in [3.63, 3.8) is 0 Å². The van der Waals surface area contributed by atoms with E-state index in [0.29, 0.717) is 60.4 Å². The van der Waals surface area contributed by atoms with Crippen LogP contribution in [0.3, 0.4) is 0 Å². The molecule has 22 nitrogen and oxygen atoms in total. The van der Waals surface area contributed by atoms with Crippen molar-refractivity contribution in [3.05, 3.63) is 276 Å². The van der Waals surface area contributed by atoms with Gasteiger partial charge in [-0.3, -0.25) is 9.11 Å². The van der Waals surface area contributed by atoms with Crippen molar-refractivity contribution < 1.29 is 34.4 Å². The highest BCUT2D eigenvalue weighted by atomic mass is 35.5. The lowest BCUT2D eigenvalue weighted by molar-refractivity contribution is 0.480. The molecule has 0 amide bonds. The fraction of sp³-hybridized carbons (Fsp3) is 0.0137. The average Bonchev–Trinajstić information content (AvgIpc) is 0.752. The number of halogens is 6. The third-order valence-electron chi connectivity index (χ3n) is 14.7. The zero-order valence-electron chi connectivity index (χ0n) is 54.7. The lowest BCUT2D eigenvalue weighted by Crippen LogP contribution is -2.15. The Morgan fingerprint density at radius 3 is 0.788 bits per heavy atom. The van der Waals surface area contributed by atoms with E-state index in [4.69, 9.17) is 92.0 Å². The molecule has 0 radical (unpaired) electrons. The van der Waals surface area contributed by atoms with Gasteiger partial charge in [-0.25, -0.2) is 8.42 Å². The number of nitrogens with zero attached hydrogens (tertiary/aromatic N) is 2. The third kappa shape index (κ3) is 24.0. The van der Waals surface area contributed by atoms with Crippen molar-refractivity contribution in [2.45, 2.75) is 26.0 Å². The van der Waals surface area contributed by atoms with E-state index in [9.17, 15) is 34.4 Å². The molecule has 0 atom stereocenters. The Balaban J connectivity index is 0.000000264. The molecule has 104 heavy (non-hydrogen) atoms. The van der Waals surface area contributed by atoms with Gasteiger partial charge in [-0.2, -0.15) is 27.1 Å². The zero-order valence-corrected chi connectivity index (χ0v) is 62.0. The minimum atomic E-state index is -4.66. The Labute approximate surface area is 637 Å². The van der Waals surface area contributed by atoms with Crippen molar-refractivity contribution in [3.8, 4) is 44.5 Å². The third-order valence-corrected chi connectivity index (χ3v) is 19.1. The maximum absolute atomic E-state index is 12.5. The number of benzene rings is 12. The summed E-state index contributed by atoms with van der Waals surface area (Å²) in [6.07, 6.45) is 0.588. The van der Waals surface area contributed by atoms with Gasteiger partial charge in [0.15, 0.2) is 0 Å². The lowest BCUT2D eigenvalue weighted by atomic mass is 10.0. The number of hydrogen-bond donors (Lipinski definition) is 14. The summed E-state index contributed by atoms with van der Waals surface area (Å²) in [6, 6.07) is 73.6. The largest absolute Gasteiger partial charge is 0.399 e. The quantitative estimate of drug-likeness (QED) is 0.0382. The van der Waals surface area contributed by atoms with Gasteiger partial charge >= 0.3 is 0 Å². The van der Waals surface area contributed by atoms with Crippen LogP contribution in [0.5, 0.6) is 0 Å². The van der Waals surface area contributed by atoms with E-state index >= 15 is 0 Å². The first-order chi connectivity index (χ1) is 47.3. The molecule has 0 aromatic heterocycles. The number of rotatable bonds is 8. The van der Waals surface area contributed by atoms with Crippen molar-refractivity contribution in [2.75, 3.05) is 68.8 Å². The second kappa shape index (κ2) is 38.0. The first-order valence-corrected chi connectivity index (χ1v) is 34.9. The van der Waals surface area contributed by atoms with Crippen LogP contribution in [0, 0.1) is 0 Å². The van der Waals surface area contributed by atoms with E-state index in [1.165, 1.54) is 36.4 Å². The van der Waals surface area contributed by atoms with E-state index in [-0.39, 0.29) is 72.1 Å². The van der Waals surface area contributed by atoms with Gasteiger partial charge in [0.2, 0.25) is 9.84 Å². The van der Waals surface area contributed by atoms with Crippen LogP contribution in [0.25, 0.3) is 44.5 Å². The van der Waals surface area contributed by atoms with Crippen molar-refractivity contribution in [1.29, 1.82) is 0 Å². The molecule has 13 rings (SSSR count). The number of nitrogens with two attached hydrogens (primary N) is 12. The lowest BCUT2D eigenvalue weighted by Gasteiger charge is -2.20. The van der Waals surface area contributed by atoms with Gasteiger partial charge in [0.1, 0.15) is 9.79 Å². The highest BCUT2D eigenvalue weighted by Gasteiger charge is 2.30. The SMILES string of the molecule is Cl.Cl.Cl.Cl.Nc1ccc(-c2ccc(N)c(Cl)c2)cc1Cl.Nc1ccc(-c2ccc(N)cc2)cc1.Nc1ccc(-c2ccc(N)cc2)cc1.Nc1ccc(-c2ccc(N)cc2S(=O)(=O)O)c(S(=O)(=O)O)c1.Nc1ccc(N=Nc2ccc(N)cc2)cc1.Nc1ccc2c(c1)S(=O)(=O)c1cc(N)ccc1C2.